The normalized spacial score (nSPS) is 30.1. The minimum absolute atomic E-state index is 0.0566. The number of amides is 3. The zero-order valence-electron chi connectivity index (χ0n) is 22.4. The second-order valence-corrected chi connectivity index (χ2v) is 12.0. The van der Waals surface area contributed by atoms with Gasteiger partial charge in [0.2, 0.25) is 11.8 Å². The molecular formula is C29H38N4O4. The summed E-state index contributed by atoms with van der Waals surface area (Å²) in [5.74, 6) is -0.738. The van der Waals surface area contributed by atoms with E-state index in [1.807, 2.05) is 56.3 Å². The van der Waals surface area contributed by atoms with Crippen LogP contribution >= 0.6 is 0 Å². The Kier molecular flexibility index (Phi) is 7.36. The van der Waals surface area contributed by atoms with Gasteiger partial charge in [0.1, 0.15) is 17.7 Å². The fourth-order valence-corrected chi connectivity index (χ4v) is 5.82. The minimum atomic E-state index is -0.877. The molecule has 0 aliphatic carbocycles. The van der Waals surface area contributed by atoms with Crippen LogP contribution in [0.4, 0.5) is 4.79 Å². The van der Waals surface area contributed by atoms with Crippen LogP contribution in [0.3, 0.4) is 0 Å². The Hall–Kier alpha value is -3.34. The van der Waals surface area contributed by atoms with Gasteiger partial charge in [-0.2, -0.15) is 5.26 Å². The van der Waals surface area contributed by atoms with E-state index >= 15 is 0 Å². The zero-order valence-corrected chi connectivity index (χ0v) is 22.4. The first kappa shape index (κ1) is 26.7. The molecule has 5 atom stereocenters. The number of ether oxygens (including phenoxy) is 1. The molecule has 3 amide bonds. The van der Waals surface area contributed by atoms with E-state index in [0.29, 0.717) is 32.4 Å². The maximum atomic E-state index is 14.0. The molecule has 1 aromatic rings. The number of nitrogens with one attached hydrogen (secondary N) is 1. The number of hydrogen-bond acceptors (Lipinski definition) is 5. The van der Waals surface area contributed by atoms with Crippen LogP contribution in [0.15, 0.2) is 42.5 Å². The molecule has 4 rings (SSSR count). The zero-order chi connectivity index (χ0) is 27.0. The fourth-order valence-electron chi connectivity index (χ4n) is 5.82. The van der Waals surface area contributed by atoms with Crippen LogP contribution in [0.25, 0.3) is 0 Å². The molecule has 3 heterocycles. The van der Waals surface area contributed by atoms with Crippen LogP contribution in [-0.4, -0.2) is 64.5 Å². The smallest absolute Gasteiger partial charge is 0.408 e. The van der Waals surface area contributed by atoms with Crippen molar-refractivity contribution >= 4 is 17.9 Å². The maximum absolute atomic E-state index is 14.0. The molecule has 198 valence electrons. The van der Waals surface area contributed by atoms with Crippen molar-refractivity contribution in [2.24, 2.45) is 11.3 Å². The Labute approximate surface area is 219 Å². The van der Waals surface area contributed by atoms with Gasteiger partial charge in [0.15, 0.2) is 0 Å². The molecule has 2 saturated heterocycles. The van der Waals surface area contributed by atoms with Crippen molar-refractivity contribution in [3.05, 3.63) is 48.0 Å². The molecule has 0 bridgehead atoms. The Balaban J connectivity index is 1.57. The van der Waals surface area contributed by atoms with E-state index < -0.39 is 29.2 Å². The van der Waals surface area contributed by atoms with Crippen molar-refractivity contribution in [3.63, 3.8) is 0 Å². The van der Waals surface area contributed by atoms with E-state index in [-0.39, 0.29) is 29.7 Å². The third kappa shape index (κ3) is 5.66. The number of likely N-dealkylation sites (tertiary alicyclic amines) is 1. The molecule has 0 unspecified atom stereocenters. The van der Waals surface area contributed by atoms with Gasteiger partial charge in [0.25, 0.3) is 0 Å². The molecule has 0 aromatic heterocycles. The van der Waals surface area contributed by atoms with Gasteiger partial charge in [0, 0.05) is 30.5 Å². The van der Waals surface area contributed by atoms with E-state index in [1.165, 1.54) is 0 Å². The number of nitrogens with zero attached hydrogens (tertiary/aromatic N) is 3. The molecule has 0 radical (unpaired) electrons. The summed E-state index contributed by atoms with van der Waals surface area (Å²) in [6.45, 7) is 9.93. The van der Waals surface area contributed by atoms with Crippen molar-refractivity contribution in [1.29, 1.82) is 5.26 Å². The molecule has 1 N–H and O–H groups in total. The molecule has 8 heteroatoms. The predicted octanol–water partition coefficient (Wildman–Crippen LogP) is 3.99. The number of fused-ring (bicyclic) bond motifs is 1. The van der Waals surface area contributed by atoms with Crippen LogP contribution in [0.1, 0.15) is 65.4 Å². The Morgan fingerprint density at radius 2 is 1.84 bits per heavy atom. The average molecular weight is 507 g/mol. The Bertz CT molecular complexity index is 1100. The predicted molar refractivity (Wildman–Crippen MR) is 139 cm³/mol. The summed E-state index contributed by atoms with van der Waals surface area (Å²) >= 11 is 0. The molecular weight excluding hydrogens is 468 g/mol. The van der Waals surface area contributed by atoms with Crippen molar-refractivity contribution in [2.75, 3.05) is 13.1 Å². The lowest BCUT2D eigenvalue weighted by atomic mass is 9.81. The molecule has 2 fully saturated rings. The minimum Gasteiger partial charge on any atom is -0.444 e. The summed E-state index contributed by atoms with van der Waals surface area (Å²) in [4.78, 5) is 44.0. The first-order chi connectivity index (χ1) is 17.4. The van der Waals surface area contributed by atoms with Gasteiger partial charge < -0.3 is 19.9 Å². The van der Waals surface area contributed by atoms with Crippen molar-refractivity contribution in [2.45, 2.75) is 83.5 Å². The topological polar surface area (TPSA) is 103 Å². The van der Waals surface area contributed by atoms with E-state index in [2.05, 4.69) is 11.4 Å². The van der Waals surface area contributed by atoms with E-state index in [9.17, 15) is 19.6 Å². The van der Waals surface area contributed by atoms with E-state index in [1.54, 1.807) is 30.6 Å². The molecule has 1 aromatic carbocycles. The van der Waals surface area contributed by atoms with Gasteiger partial charge in [0.05, 0.1) is 12.0 Å². The number of carbonyl (C=O) groups is 3. The molecule has 0 saturated carbocycles. The summed E-state index contributed by atoms with van der Waals surface area (Å²) in [5.41, 5.74) is -0.330. The van der Waals surface area contributed by atoms with Crippen molar-refractivity contribution in [1.82, 2.24) is 15.1 Å². The fraction of sp³-hybridized carbons (Fsp3) is 0.586. The quantitative estimate of drug-likeness (QED) is 0.625. The largest absolute Gasteiger partial charge is 0.444 e. The molecule has 37 heavy (non-hydrogen) atoms. The lowest BCUT2D eigenvalue weighted by Crippen LogP contribution is -2.60. The highest BCUT2D eigenvalue weighted by atomic mass is 16.6. The number of nitriles is 1. The van der Waals surface area contributed by atoms with Gasteiger partial charge in [-0.25, -0.2) is 4.79 Å². The third-order valence-corrected chi connectivity index (χ3v) is 7.67. The SMILES string of the molecule is CC(C)(C)OC(=O)N[C@@H]1C(=O)N2[C@@H](C/C=C\C1(C)C)CC[C@H]2C(=O)N1C[C@@H](C#N)[C@H](c2ccccc2)C1. The summed E-state index contributed by atoms with van der Waals surface area (Å²) in [6, 6.07) is 10.6. The highest BCUT2D eigenvalue weighted by Crippen LogP contribution is 2.38. The van der Waals surface area contributed by atoms with E-state index in [4.69, 9.17) is 4.74 Å². The Morgan fingerprint density at radius 1 is 1.14 bits per heavy atom. The lowest BCUT2D eigenvalue weighted by Gasteiger charge is -2.40. The molecule has 0 spiro atoms. The number of carbonyl (C=O) groups excluding carboxylic acids is 3. The number of hydrogen-bond donors (Lipinski definition) is 1. The van der Waals surface area contributed by atoms with Gasteiger partial charge in [-0.15, -0.1) is 0 Å². The van der Waals surface area contributed by atoms with Gasteiger partial charge >= 0.3 is 6.09 Å². The highest BCUT2D eigenvalue weighted by molar-refractivity contribution is 5.93. The Morgan fingerprint density at radius 3 is 2.49 bits per heavy atom. The summed E-state index contributed by atoms with van der Waals surface area (Å²) < 4.78 is 5.45. The molecule has 3 aliphatic rings. The first-order valence-corrected chi connectivity index (χ1v) is 13.1. The number of benzene rings is 1. The second kappa shape index (κ2) is 10.2. The van der Waals surface area contributed by atoms with Crippen LogP contribution in [-0.2, 0) is 14.3 Å². The van der Waals surface area contributed by atoms with E-state index in [0.717, 1.165) is 5.56 Å². The molecule has 3 aliphatic heterocycles. The monoisotopic (exact) mass is 506 g/mol. The van der Waals surface area contributed by atoms with Gasteiger partial charge in [-0.05, 0) is 45.6 Å². The van der Waals surface area contributed by atoms with Gasteiger partial charge in [-0.3, -0.25) is 9.59 Å². The van der Waals surface area contributed by atoms with Crippen molar-refractivity contribution < 1.29 is 19.1 Å². The standard InChI is InChI=1S/C29H38N4O4/c1-28(2,3)37-27(36)31-24-26(35)33-21(12-9-15-29(24,4)5)13-14-23(33)25(34)32-17-20(16-30)22(18-32)19-10-7-6-8-11-19/h6-11,15,20-24H,12-14,17-18H2,1-5H3,(H,31,36)/b15-9-/t20-,21+,22+,23+,24-/m1/s1. The highest BCUT2D eigenvalue weighted by Gasteiger charge is 2.49. The number of alkyl carbamates (subject to hydrolysis) is 1. The maximum Gasteiger partial charge on any atom is 0.408 e. The number of rotatable bonds is 3. The van der Waals surface area contributed by atoms with Crippen LogP contribution in [0, 0.1) is 22.7 Å². The first-order valence-electron chi connectivity index (χ1n) is 13.1. The van der Waals surface area contributed by atoms with Gasteiger partial charge in [-0.1, -0.05) is 56.3 Å². The second-order valence-electron chi connectivity index (χ2n) is 12.0. The van der Waals surface area contributed by atoms with Crippen LogP contribution in [0.5, 0.6) is 0 Å². The van der Waals surface area contributed by atoms with Crippen molar-refractivity contribution in [3.8, 4) is 6.07 Å². The summed E-state index contributed by atoms with van der Waals surface area (Å²) in [5, 5.41) is 12.6. The summed E-state index contributed by atoms with van der Waals surface area (Å²) in [6.07, 6.45) is 5.30. The third-order valence-electron chi connectivity index (χ3n) is 7.67. The van der Waals surface area contributed by atoms with Crippen LogP contribution in [0.2, 0.25) is 0 Å². The van der Waals surface area contributed by atoms with Crippen LogP contribution < -0.4 is 5.32 Å². The molecule has 8 nitrogen and oxygen atoms in total. The lowest BCUT2D eigenvalue weighted by molar-refractivity contribution is -0.147. The average Bonchev–Trinajstić information content (AvgIpc) is 3.45. The summed E-state index contributed by atoms with van der Waals surface area (Å²) in [7, 11) is 0.